The van der Waals surface area contributed by atoms with E-state index in [4.69, 9.17) is 0 Å². The maximum absolute atomic E-state index is 12.1. The summed E-state index contributed by atoms with van der Waals surface area (Å²) in [5.74, 6) is -1.24. The van der Waals surface area contributed by atoms with Gasteiger partial charge in [-0.15, -0.1) is 11.8 Å². The molecule has 19 heavy (non-hydrogen) atoms. The van der Waals surface area contributed by atoms with Gasteiger partial charge in [-0.1, -0.05) is 12.8 Å². The molecule has 0 unspecified atom stereocenters. The molecule has 2 rings (SSSR count). The molecular weight excluding hydrogens is 262 g/mol. The molecule has 5 heteroatoms. The molecule has 0 saturated heterocycles. The number of benzene rings is 1. The molecule has 0 spiro atoms. The summed E-state index contributed by atoms with van der Waals surface area (Å²) in [5, 5.41) is 12.0. The number of aliphatic carboxylic acids is 1. The number of nitrogens with one attached hydrogen (secondary N) is 1. The van der Waals surface area contributed by atoms with E-state index in [1.807, 2.05) is 18.4 Å². The molecule has 1 aliphatic carbocycles. The van der Waals surface area contributed by atoms with Crippen molar-refractivity contribution in [1.82, 2.24) is 5.32 Å². The zero-order valence-electron chi connectivity index (χ0n) is 10.8. The van der Waals surface area contributed by atoms with Crippen LogP contribution in [0.5, 0.6) is 0 Å². The summed E-state index contributed by atoms with van der Waals surface area (Å²) in [4.78, 5) is 24.6. The van der Waals surface area contributed by atoms with Crippen molar-refractivity contribution >= 4 is 23.6 Å². The minimum absolute atomic E-state index is 0.308. The first-order valence-electron chi connectivity index (χ1n) is 6.27. The molecular formula is C14H17NO3S. The zero-order valence-corrected chi connectivity index (χ0v) is 11.6. The van der Waals surface area contributed by atoms with Gasteiger partial charge in [0.25, 0.3) is 5.91 Å². The van der Waals surface area contributed by atoms with Gasteiger partial charge in [0.1, 0.15) is 5.54 Å². The molecule has 2 N–H and O–H groups in total. The van der Waals surface area contributed by atoms with E-state index in [2.05, 4.69) is 5.32 Å². The Kier molecular flexibility index (Phi) is 4.14. The Morgan fingerprint density at radius 3 is 2.26 bits per heavy atom. The van der Waals surface area contributed by atoms with Crippen LogP contribution >= 0.6 is 11.8 Å². The summed E-state index contributed by atoms with van der Waals surface area (Å²) >= 11 is 1.60. The number of thioether (sulfide) groups is 1. The number of carbonyl (C=O) groups is 2. The first-order valence-corrected chi connectivity index (χ1v) is 7.50. The average Bonchev–Trinajstić information content (AvgIpc) is 2.88. The van der Waals surface area contributed by atoms with Crippen LogP contribution in [-0.2, 0) is 4.79 Å². The summed E-state index contributed by atoms with van der Waals surface area (Å²) < 4.78 is 0. The van der Waals surface area contributed by atoms with Crippen LogP contribution in [0, 0.1) is 0 Å². The second-order valence-corrected chi connectivity index (χ2v) is 5.66. The molecule has 0 aromatic heterocycles. The normalized spacial score (nSPS) is 17.1. The van der Waals surface area contributed by atoms with Crippen molar-refractivity contribution in [3.8, 4) is 0 Å². The van der Waals surface area contributed by atoms with Crippen LogP contribution in [0.25, 0.3) is 0 Å². The second-order valence-electron chi connectivity index (χ2n) is 4.78. The number of carboxylic acids is 1. The van der Waals surface area contributed by atoms with Gasteiger partial charge < -0.3 is 10.4 Å². The van der Waals surface area contributed by atoms with Crippen LogP contribution in [0.2, 0.25) is 0 Å². The minimum Gasteiger partial charge on any atom is -0.480 e. The highest BCUT2D eigenvalue weighted by molar-refractivity contribution is 7.98. The van der Waals surface area contributed by atoms with Gasteiger partial charge in [-0.3, -0.25) is 4.79 Å². The predicted octanol–water partition coefficient (Wildman–Crippen LogP) is 2.54. The van der Waals surface area contributed by atoms with Crippen LogP contribution in [0.1, 0.15) is 36.0 Å². The lowest BCUT2D eigenvalue weighted by Crippen LogP contribution is -2.52. The number of hydrogen-bond donors (Lipinski definition) is 2. The Bertz CT molecular complexity index is 478. The van der Waals surface area contributed by atoms with Gasteiger partial charge in [-0.25, -0.2) is 4.79 Å². The van der Waals surface area contributed by atoms with E-state index >= 15 is 0 Å². The Labute approximate surface area is 116 Å². The molecule has 0 atom stereocenters. The Morgan fingerprint density at radius 1 is 1.21 bits per heavy atom. The van der Waals surface area contributed by atoms with Gasteiger partial charge in [-0.2, -0.15) is 0 Å². The zero-order chi connectivity index (χ0) is 13.9. The van der Waals surface area contributed by atoms with E-state index in [1.165, 1.54) is 0 Å². The Balaban J connectivity index is 2.13. The molecule has 0 radical (unpaired) electrons. The van der Waals surface area contributed by atoms with E-state index < -0.39 is 11.5 Å². The fourth-order valence-corrected chi connectivity index (χ4v) is 2.81. The first-order chi connectivity index (χ1) is 9.07. The van der Waals surface area contributed by atoms with Crippen molar-refractivity contribution in [2.75, 3.05) is 6.26 Å². The van der Waals surface area contributed by atoms with Crippen LogP contribution in [0.4, 0.5) is 0 Å². The van der Waals surface area contributed by atoms with Crippen LogP contribution in [0.15, 0.2) is 29.2 Å². The lowest BCUT2D eigenvalue weighted by atomic mass is 9.97. The third kappa shape index (κ3) is 2.92. The van der Waals surface area contributed by atoms with Crippen molar-refractivity contribution in [3.05, 3.63) is 29.8 Å². The topological polar surface area (TPSA) is 66.4 Å². The molecule has 1 fully saturated rings. The molecule has 1 aromatic rings. The largest absolute Gasteiger partial charge is 0.480 e. The fourth-order valence-electron chi connectivity index (χ4n) is 2.40. The standard InChI is InChI=1S/C14H17NO3S/c1-19-11-6-4-10(5-7-11)12(16)15-14(13(17)18)8-2-3-9-14/h4-7H,2-3,8-9H2,1H3,(H,15,16)(H,17,18). The van der Waals surface area contributed by atoms with E-state index in [0.717, 1.165) is 17.7 Å². The van der Waals surface area contributed by atoms with Crippen molar-refractivity contribution in [1.29, 1.82) is 0 Å². The highest BCUT2D eigenvalue weighted by atomic mass is 32.2. The molecule has 1 amide bonds. The number of carboxylic acid groups (broad SMARTS) is 1. The Morgan fingerprint density at radius 2 is 1.79 bits per heavy atom. The lowest BCUT2D eigenvalue weighted by Gasteiger charge is -2.25. The summed E-state index contributed by atoms with van der Waals surface area (Å²) in [6.45, 7) is 0. The summed E-state index contributed by atoms with van der Waals surface area (Å²) in [7, 11) is 0. The van der Waals surface area contributed by atoms with E-state index in [1.54, 1.807) is 23.9 Å². The second kappa shape index (κ2) is 5.65. The van der Waals surface area contributed by atoms with Crippen LogP contribution in [-0.4, -0.2) is 28.8 Å². The number of hydrogen-bond acceptors (Lipinski definition) is 3. The summed E-state index contributed by atoms with van der Waals surface area (Å²) in [6, 6.07) is 7.18. The summed E-state index contributed by atoms with van der Waals surface area (Å²) in [6.07, 6.45) is 4.68. The quantitative estimate of drug-likeness (QED) is 0.831. The molecule has 4 nitrogen and oxygen atoms in total. The first kappa shape index (κ1) is 13.9. The third-order valence-electron chi connectivity index (χ3n) is 3.57. The van der Waals surface area contributed by atoms with E-state index in [0.29, 0.717) is 18.4 Å². The molecule has 1 saturated carbocycles. The molecule has 1 aliphatic rings. The summed E-state index contributed by atoms with van der Waals surface area (Å²) in [5.41, 5.74) is -0.569. The number of amides is 1. The minimum atomic E-state index is -1.07. The van der Waals surface area contributed by atoms with Gasteiger partial charge in [-0.05, 0) is 43.4 Å². The molecule has 0 aliphatic heterocycles. The maximum atomic E-state index is 12.1. The highest BCUT2D eigenvalue weighted by Crippen LogP contribution is 2.30. The number of rotatable bonds is 4. The average molecular weight is 279 g/mol. The smallest absolute Gasteiger partial charge is 0.329 e. The monoisotopic (exact) mass is 279 g/mol. The van der Waals surface area contributed by atoms with E-state index in [-0.39, 0.29) is 5.91 Å². The van der Waals surface area contributed by atoms with Gasteiger partial charge in [0.05, 0.1) is 0 Å². The lowest BCUT2D eigenvalue weighted by molar-refractivity contribution is -0.144. The maximum Gasteiger partial charge on any atom is 0.329 e. The van der Waals surface area contributed by atoms with Crippen molar-refractivity contribution < 1.29 is 14.7 Å². The molecule has 102 valence electrons. The van der Waals surface area contributed by atoms with Crippen LogP contribution < -0.4 is 5.32 Å². The molecule has 1 aromatic carbocycles. The van der Waals surface area contributed by atoms with Gasteiger partial charge in [0, 0.05) is 10.5 Å². The highest BCUT2D eigenvalue weighted by Gasteiger charge is 2.42. The molecule has 0 bridgehead atoms. The van der Waals surface area contributed by atoms with Gasteiger partial charge >= 0.3 is 5.97 Å². The number of carbonyl (C=O) groups excluding carboxylic acids is 1. The SMILES string of the molecule is CSc1ccc(C(=O)NC2(C(=O)O)CCCC2)cc1. The van der Waals surface area contributed by atoms with Crippen LogP contribution in [0.3, 0.4) is 0 Å². The molecule has 0 heterocycles. The van der Waals surface area contributed by atoms with Crippen molar-refractivity contribution in [2.45, 2.75) is 36.1 Å². The Hall–Kier alpha value is -1.49. The predicted molar refractivity (Wildman–Crippen MR) is 74.5 cm³/mol. The van der Waals surface area contributed by atoms with Gasteiger partial charge in [0.15, 0.2) is 0 Å². The van der Waals surface area contributed by atoms with E-state index in [9.17, 15) is 14.7 Å². The van der Waals surface area contributed by atoms with Crippen molar-refractivity contribution in [2.24, 2.45) is 0 Å². The third-order valence-corrected chi connectivity index (χ3v) is 4.32. The fraction of sp³-hybridized carbons (Fsp3) is 0.429. The van der Waals surface area contributed by atoms with Gasteiger partial charge in [0.2, 0.25) is 0 Å². The van der Waals surface area contributed by atoms with Crippen molar-refractivity contribution in [3.63, 3.8) is 0 Å².